The third-order valence-corrected chi connectivity index (χ3v) is 2.79. The van der Waals surface area contributed by atoms with E-state index in [0.29, 0.717) is 6.61 Å². The molecule has 2 nitrogen and oxygen atoms in total. The Hall–Kier alpha value is -0.800. The molecule has 1 aromatic carbocycles. The monoisotopic (exact) mass is 297 g/mol. The highest BCUT2D eigenvalue weighted by molar-refractivity contribution is 9.10. The first-order chi connectivity index (χ1) is 7.88. The number of halogens is 1. The summed E-state index contributed by atoms with van der Waals surface area (Å²) in [6, 6.07) is 7.82. The highest BCUT2D eigenvalue weighted by Gasteiger charge is 2.09. The molecule has 0 spiro atoms. The Bertz CT molecular complexity index is 382. The van der Waals surface area contributed by atoms with Crippen LogP contribution >= 0.6 is 15.9 Å². The van der Waals surface area contributed by atoms with Crippen LogP contribution in [0.1, 0.15) is 20.8 Å². The molecule has 0 amide bonds. The van der Waals surface area contributed by atoms with Gasteiger partial charge in [0.2, 0.25) is 0 Å². The average Bonchev–Trinajstić information content (AvgIpc) is 2.24. The first-order valence-corrected chi connectivity index (χ1v) is 6.47. The number of para-hydroxylation sites is 1. The van der Waals surface area contributed by atoms with Crippen molar-refractivity contribution in [1.82, 2.24) is 5.32 Å². The summed E-state index contributed by atoms with van der Waals surface area (Å²) in [5, 5.41) is 3.38. The molecule has 3 heteroatoms. The molecule has 0 aromatic heterocycles. The van der Waals surface area contributed by atoms with Crippen molar-refractivity contribution in [2.45, 2.75) is 26.3 Å². The van der Waals surface area contributed by atoms with E-state index in [9.17, 15) is 0 Å². The molecule has 1 aromatic rings. The zero-order valence-electron chi connectivity index (χ0n) is 10.7. The minimum atomic E-state index is 0.107. The maximum atomic E-state index is 5.68. The minimum absolute atomic E-state index is 0.107. The number of hydrogen-bond acceptors (Lipinski definition) is 2. The van der Waals surface area contributed by atoms with E-state index in [-0.39, 0.29) is 5.54 Å². The van der Waals surface area contributed by atoms with Crippen LogP contribution in [0.4, 0.5) is 0 Å². The lowest BCUT2D eigenvalue weighted by Crippen LogP contribution is -2.37. The summed E-state index contributed by atoms with van der Waals surface area (Å²) < 4.78 is 6.65. The average molecular weight is 298 g/mol. The van der Waals surface area contributed by atoms with Gasteiger partial charge in [-0.25, -0.2) is 0 Å². The molecule has 0 aliphatic rings. The quantitative estimate of drug-likeness (QED) is 0.835. The highest BCUT2D eigenvalue weighted by Crippen LogP contribution is 2.23. The van der Waals surface area contributed by atoms with Crippen LogP contribution in [-0.4, -0.2) is 18.7 Å². The van der Waals surface area contributed by atoms with Crippen molar-refractivity contribution in [2.75, 3.05) is 13.2 Å². The van der Waals surface area contributed by atoms with Crippen molar-refractivity contribution < 1.29 is 4.74 Å². The van der Waals surface area contributed by atoms with Crippen molar-refractivity contribution in [1.29, 1.82) is 0 Å². The topological polar surface area (TPSA) is 21.3 Å². The molecule has 0 aliphatic heterocycles. The normalized spacial score (nSPS) is 11.3. The zero-order chi connectivity index (χ0) is 12.9. The molecule has 0 saturated heterocycles. The second-order valence-corrected chi connectivity index (χ2v) is 5.93. The number of rotatable bonds is 5. The van der Waals surface area contributed by atoms with E-state index in [0.717, 1.165) is 22.3 Å². The van der Waals surface area contributed by atoms with Crippen molar-refractivity contribution in [3.05, 3.63) is 40.9 Å². The van der Waals surface area contributed by atoms with Gasteiger partial charge in [-0.3, -0.25) is 0 Å². The molecule has 0 radical (unpaired) electrons. The van der Waals surface area contributed by atoms with E-state index in [1.165, 1.54) is 0 Å². The Balaban J connectivity index is 2.36. The summed E-state index contributed by atoms with van der Waals surface area (Å²) in [6.45, 7) is 11.7. The molecular formula is C14H20BrNO. The molecule has 1 N–H and O–H groups in total. The molecule has 0 heterocycles. The Morgan fingerprint density at radius 2 is 2.00 bits per heavy atom. The Morgan fingerprint density at radius 1 is 1.35 bits per heavy atom. The van der Waals surface area contributed by atoms with Crippen LogP contribution in [0.2, 0.25) is 0 Å². The molecule has 94 valence electrons. The third kappa shape index (κ3) is 5.89. The fourth-order valence-corrected chi connectivity index (χ4v) is 1.58. The predicted molar refractivity (Wildman–Crippen MR) is 76.5 cm³/mol. The lowest BCUT2D eigenvalue weighted by Gasteiger charge is -2.21. The summed E-state index contributed by atoms with van der Waals surface area (Å²) in [6.07, 6.45) is 0. The summed E-state index contributed by atoms with van der Waals surface area (Å²) in [5.74, 6) is 0.851. The second-order valence-electron chi connectivity index (χ2n) is 5.07. The third-order valence-electron chi connectivity index (χ3n) is 2.14. The molecule has 0 saturated carbocycles. The van der Waals surface area contributed by atoms with Crippen LogP contribution in [0.5, 0.6) is 5.75 Å². The largest absolute Gasteiger partial charge is 0.488 e. The Kier molecular flexibility index (Phi) is 5.22. The predicted octanol–water partition coefficient (Wildman–Crippen LogP) is 3.77. The van der Waals surface area contributed by atoms with Crippen molar-refractivity contribution in [3.8, 4) is 5.75 Å². The van der Waals surface area contributed by atoms with Gasteiger partial charge in [-0.15, -0.1) is 0 Å². The molecule has 17 heavy (non-hydrogen) atoms. The molecule has 0 bridgehead atoms. The summed E-state index contributed by atoms with van der Waals surface area (Å²) in [4.78, 5) is 0. The second kappa shape index (κ2) is 6.22. The van der Waals surface area contributed by atoms with Crippen LogP contribution in [0.25, 0.3) is 0 Å². The fourth-order valence-electron chi connectivity index (χ4n) is 1.18. The molecule has 0 fully saturated rings. The van der Waals surface area contributed by atoms with Crippen LogP contribution in [0.15, 0.2) is 40.9 Å². The van der Waals surface area contributed by atoms with Gasteiger partial charge < -0.3 is 10.1 Å². The van der Waals surface area contributed by atoms with Crippen LogP contribution < -0.4 is 10.1 Å². The van der Waals surface area contributed by atoms with Gasteiger partial charge in [0.1, 0.15) is 12.4 Å². The maximum absolute atomic E-state index is 5.68. The summed E-state index contributed by atoms with van der Waals surface area (Å²) >= 11 is 3.45. The standard InChI is InChI=1S/C14H20BrNO/c1-11(9-16-14(2,3)4)10-17-13-8-6-5-7-12(13)15/h5-8,16H,1,9-10H2,2-4H3. The van der Waals surface area contributed by atoms with Gasteiger partial charge in [0.05, 0.1) is 4.47 Å². The SMILES string of the molecule is C=C(CNC(C)(C)C)COc1ccccc1Br. The van der Waals surface area contributed by atoms with Gasteiger partial charge >= 0.3 is 0 Å². The molecule has 0 aliphatic carbocycles. The smallest absolute Gasteiger partial charge is 0.133 e. The van der Waals surface area contributed by atoms with Gasteiger partial charge in [0.15, 0.2) is 0 Å². The molecule has 0 unspecified atom stereocenters. The highest BCUT2D eigenvalue weighted by atomic mass is 79.9. The van der Waals surface area contributed by atoms with Gasteiger partial charge in [0, 0.05) is 12.1 Å². The van der Waals surface area contributed by atoms with Crippen LogP contribution in [0.3, 0.4) is 0 Å². The molecule has 1 rings (SSSR count). The number of nitrogens with one attached hydrogen (secondary N) is 1. The first-order valence-electron chi connectivity index (χ1n) is 5.67. The van der Waals surface area contributed by atoms with Gasteiger partial charge in [0.25, 0.3) is 0 Å². The van der Waals surface area contributed by atoms with Crippen molar-refractivity contribution in [2.24, 2.45) is 0 Å². The Labute approximate surface area is 112 Å². The summed E-state index contributed by atoms with van der Waals surface area (Å²) in [7, 11) is 0. The lowest BCUT2D eigenvalue weighted by molar-refractivity contribution is 0.339. The lowest BCUT2D eigenvalue weighted by atomic mass is 10.1. The number of ether oxygens (including phenoxy) is 1. The van der Waals surface area contributed by atoms with Gasteiger partial charge in [-0.1, -0.05) is 18.7 Å². The van der Waals surface area contributed by atoms with Crippen LogP contribution in [-0.2, 0) is 0 Å². The van der Waals surface area contributed by atoms with Crippen molar-refractivity contribution in [3.63, 3.8) is 0 Å². The van der Waals surface area contributed by atoms with Crippen molar-refractivity contribution >= 4 is 15.9 Å². The van der Waals surface area contributed by atoms with E-state index in [1.807, 2.05) is 24.3 Å². The minimum Gasteiger partial charge on any atom is -0.488 e. The molecule has 0 atom stereocenters. The number of benzene rings is 1. The van der Waals surface area contributed by atoms with Gasteiger partial charge in [-0.05, 0) is 54.4 Å². The van der Waals surface area contributed by atoms with E-state index in [2.05, 4.69) is 48.6 Å². The zero-order valence-corrected chi connectivity index (χ0v) is 12.3. The van der Waals surface area contributed by atoms with E-state index >= 15 is 0 Å². The number of hydrogen-bond donors (Lipinski definition) is 1. The van der Waals surface area contributed by atoms with Gasteiger partial charge in [-0.2, -0.15) is 0 Å². The fraction of sp³-hybridized carbons (Fsp3) is 0.429. The molecular weight excluding hydrogens is 278 g/mol. The van der Waals surface area contributed by atoms with Crippen LogP contribution in [0, 0.1) is 0 Å². The Morgan fingerprint density at radius 3 is 2.59 bits per heavy atom. The maximum Gasteiger partial charge on any atom is 0.133 e. The first kappa shape index (κ1) is 14.3. The summed E-state index contributed by atoms with van der Waals surface area (Å²) in [5.41, 5.74) is 1.15. The van der Waals surface area contributed by atoms with E-state index in [1.54, 1.807) is 0 Å². The van der Waals surface area contributed by atoms with E-state index < -0.39 is 0 Å². The van der Waals surface area contributed by atoms with E-state index in [4.69, 9.17) is 4.74 Å².